The number of rotatable bonds is 8. The second-order valence-corrected chi connectivity index (χ2v) is 7.06. The Morgan fingerprint density at radius 3 is 2.33 bits per heavy atom. The van der Waals surface area contributed by atoms with Crippen LogP contribution in [-0.4, -0.2) is 32.2 Å². The van der Waals surface area contributed by atoms with Crippen LogP contribution in [0.4, 0.5) is 11.4 Å². The van der Waals surface area contributed by atoms with E-state index in [9.17, 15) is 9.59 Å². The van der Waals surface area contributed by atoms with E-state index in [2.05, 4.69) is 21.2 Å². The van der Waals surface area contributed by atoms with Crippen LogP contribution in [0, 0.1) is 6.92 Å². The zero-order valence-electron chi connectivity index (χ0n) is 18.7. The number of amides is 2. The van der Waals surface area contributed by atoms with E-state index >= 15 is 0 Å². The lowest BCUT2D eigenvalue weighted by molar-refractivity contribution is -0.139. The normalized spacial score (nSPS) is 10.5. The van der Waals surface area contributed by atoms with Gasteiger partial charge in [0, 0.05) is 23.4 Å². The van der Waals surface area contributed by atoms with Crippen molar-refractivity contribution < 1.29 is 19.1 Å². The minimum atomic E-state index is -0.877. The number of methoxy groups -OCH3 is 2. The highest BCUT2D eigenvalue weighted by atomic mass is 16.5. The highest BCUT2D eigenvalue weighted by Gasteiger charge is 2.14. The summed E-state index contributed by atoms with van der Waals surface area (Å²) >= 11 is 0. The molecule has 0 fully saturated rings. The molecule has 0 aliphatic heterocycles. The second kappa shape index (κ2) is 11.3. The Kier molecular flexibility index (Phi) is 8.02. The smallest absolute Gasteiger partial charge is 0.329 e. The van der Waals surface area contributed by atoms with Gasteiger partial charge in [-0.2, -0.15) is 5.10 Å². The van der Waals surface area contributed by atoms with Crippen LogP contribution in [0.25, 0.3) is 0 Å². The van der Waals surface area contributed by atoms with Gasteiger partial charge in [-0.05, 0) is 30.7 Å². The van der Waals surface area contributed by atoms with Crippen LogP contribution < -0.4 is 25.5 Å². The van der Waals surface area contributed by atoms with Crippen LogP contribution in [0.1, 0.15) is 16.7 Å². The molecule has 0 aliphatic rings. The Morgan fingerprint density at radius 1 is 0.879 bits per heavy atom. The number of hydrazone groups is 1. The third kappa shape index (κ3) is 6.10. The molecule has 0 heterocycles. The molecule has 8 heteroatoms. The Bertz CT molecular complexity index is 1160. The molecule has 3 rings (SSSR count). The van der Waals surface area contributed by atoms with Gasteiger partial charge in [0.05, 0.1) is 26.1 Å². The number of carbonyl (C=O) groups excluding carboxylic acids is 2. The summed E-state index contributed by atoms with van der Waals surface area (Å²) in [5, 5.41) is 9.85. The molecule has 0 spiro atoms. The number of para-hydroxylation sites is 3. The molecule has 0 radical (unpaired) electrons. The summed E-state index contributed by atoms with van der Waals surface area (Å²) in [6, 6.07) is 20.5. The van der Waals surface area contributed by atoms with Gasteiger partial charge in [-0.1, -0.05) is 48.5 Å². The zero-order valence-corrected chi connectivity index (χ0v) is 18.7. The number of ether oxygens (including phenoxy) is 2. The van der Waals surface area contributed by atoms with E-state index in [1.165, 1.54) is 6.21 Å². The third-order valence-electron chi connectivity index (χ3n) is 4.89. The second-order valence-electron chi connectivity index (χ2n) is 7.06. The van der Waals surface area contributed by atoms with Crippen molar-refractivity contribution in [3.8, 4) is 11.5 Å². The Labute approximate surface area is 192 Å². The molecular weight excluding hydrogens is 420 g/mol. The van der Waals surface area contributed by atoms with Gasteiger partial charge in [-0.25, -0.2) is 5.43 Å². The minimum Gasteiger partial charge on any atom is -0.496 e. The lowest BCUT2D eigenvalue weighted by Gasteiger charge is -2.15. The molecule has 3 aromatic rings. The van der Waals surface area contributed by atoms with Crippen molar-refractivity contribution >= 4 is 29.4 Å². The number of nitrogens with one attached hydrogen (secondary N) is 3. The maximum Gasteiger partial charge on any atom is 0.329 e. The predicted octanol–water partition coefficient (Wildman–Crippen LogP) is 3.52. The SMILES string of the molecule is COc1ccccc1CNC(=O)C(=O)N/N=C\c1cccc(OC)c1Nc1ccccc1C. The third-order valence-corrected chi connectivity index (χ3v) is 4.89. The first kappa shape index (κ1) is 23.3. The summed E-state index contributed by atoms with van der Waals surface area (Å²) in [6.07, 6.45) is 1.45. The molecule has 0 aliphatic carbocycles. The van der Waals surface area contributed by atoms with Crippen molar-refractivity contribution in [3.63, 3.8) is 0 Å². The minimum absolute atomic E-state index is 0.153. The molecular formula is C25H26N4O4. The Hall–Kier alpha value is -4.33. The highest BCUT2D eigenvalue weighted by molar-refractivity contribution is 6.35. The summed E-state index contributed by atoms with van der Waals surface area (Å²) in [5.41, 5.74) is 6.35. The summed E-state index contributed by atoms with van der Waals surface area (Å²) in [6.45, 7) is 2.15. The van der Waals surface area contributed by atoms with Crippen LogP contribution in [0.2, 0.25) is 0 Å². The summed E-state index contributed by atoms with van der Waals surface area (Å²) < 4.78 is 10.7. The first-order valence-electron chi connectivity index (χ1n) is 10.3. The van der Waals surface area contributed by atoms with E-state index in [-0.39, 0.29) is 6.54 Å². The van der Waals surface area contributed by atoms with E-state index < -0.39 is 11.8 Å². The monoisotopic (exact) mass is 446 g/mol. The number of hydrogen-bond donors (Lipinski definition) is 3. The number of carbonyl (C=O) groups is 2. The molecule has 0 saturated heterocycles. The van der Waals surface area contributed by atoms with E-state index in [1.807, 2.05) is 61.5 Å². The molecule has 3 N–H and O–H groups in total. The van der Waals surface area contributed by atoms with Crippen molar-refractivity contribution in [2.75, 3.05) is 19.5 Å². The average molecular weight is 447 g/mol. The van der Waals surface area contributed by atoms with E-state index in [0.717, 1.165) is 16.8 Å². The molecule has 0 unspecified atom stereocenters. The molecule has 0 atom stereocenters. The Morgan fingerprint density at radius 2 is 1.58 bits per heavy atom. The number of nitrogens with zero attached hydrogens (tertiary/aromatic N) is 1. The van der Waals surface area contributed by atoms with Gasteiger partial charge in [0.25, 0.3) is 0 Å². The molecule has 0 bridgehead atoms. The van der Waals surface area contributed by atoms with Crippen molar-refractivity contribution in [3.05, 3.63) is 83.4 Å². The predicted molar refractivity (Wildman–Crippen MR) is 128 cm³/mol. The van der Waals surface area contributed by atoms with Gasteiger partial charge in [0.2, 0.25) is 0 Å². The zero-order chi connectivity index (χ0) is 23.6. The van der Waals surface area contributed by atoms with E-state index in [1.54, 1.807) is 26.4 Å². The van der Waals surface area contributed by atoms with E-state index in [0.29, 0.717) is 22.7 Å². The summed E-state index contributed by atoms with van der Waals surface area (Å²) in [5.74, 6) is -0.439. The molecule has 0 aromatic heterocycles. The quantitative estimate of drug-likeness (QED) is 0.279. The van der Waals surface area contributed by atoms with Crippen LogP contribution in [-0.2, 0) is 16.1 Å². The maximum absolute atomic E-state index is 12.1. The topological polar surface area (TPSA) is 101 Å². The number of hydrogen-bond acceptors (Lipinski definition) is 6. The summed E-state index contributed by atoms with van der Waals surface area (Å²) in [7, 11) is 3.12. The molecule has 170 valence electrons. The van der Waals surface area contributed by atoms with Gasteiger partial charge >= 0.3 is 11.8 Å². The first-order chi connectivity index (χ1) is 16.0. The summed E-state index contributed by atoms with van der Waals surface area (Å²) in [4.78, 5) is 24.3. The van der Waals surface area contributed by atoms with Gasteiger partial charge in [-0.3, -0.25) is 9.59 Å². The van der Waals surface area contributed by atoms with Gasteiger partial charge < -0.3 is 20.1 Å². The molecule has 3 aromatic carbocycles. The molecule has 0 saturated carbocycles. The lowest BCUT2D eigenvalue weighted by Crippen LogP contribution is -2.37. The van der Waals surface area contributed by atoms with Crippen LogP contribution >= 0.6 is 0 Å². The van der Waals surface area contributed by atoms with Crippen LogP contribution in [0.3, 0.4) is 0 Å². The fourth-order valence-corrected chi connectivity index (χ4v) is 3.12. The van der Waals surface area contributed by atoms with Crippen LogP contribution in [0.5, 0.6) is 11.5 Å². The fourth-order valence-electron chi connectivity index (χ4n) is 3.12. The maximum atomic E-state index is 12.1. The number of aryl methyl sites for hydroxylation is 1. The molecule has 8 nitrogen and oxygen atoms in total. The molecule has 33 heavy (non-hydrogen) atoms. The standard InChI is InChI=1S/C25H26N4O4/c1-17-9-4-6-12-20(17)28-23-19(11-8-14-22(23)33-3)16-27-29-25(31)24(30)26-15-18-10-5-7-13-21(18)32-2/h4-14,16,28H,15H2,1-3H3,(H,26,30)(H,29,31)/b27-16-. The average Bonchev–Trinajstić information content (AvgIpc) is 2.84. The Balaban J connectivity index is 1.66. The van der Waals surface area contributed by atoms with Crippen LogP contribution in [0.15, 0.2) is 71.8 Å². The largest absolute Gasteiger partial charge is 0.496 e. The van der Waals surface area contributed by atoms with Crippen molar-refractivity contribution in [2.45, 2.75) is 13.5 Å². The highest BCUT2D eigenvalue weighted by Crippen LogP contribution is 2.31. The van der Waals surface area contributed by atoms with E-state index in [4.69, 9.17) is 9.47 Å². The fraction of sp³-hybridized carbons (Fsp3) is 0.160. The van der Waals surface area contributed by atoms with Gasteiger partial charge in [0.15, 0.2) is 0 Å². The molecule has 2 amide bonds. The first-order valence-corrected chi connectivity index (χ1v) is 10.3. The number of benzene rings is 3. The number of anilines is 2. The van der Waals surface area contributed by atoms with Gasteiger partial charge in [-0.15, -0.1) is 0 Å². The lowest BCUT2D eigenvalue weighted by atomic mass is 10.1. The van der Waals surface area contributed by atoms with Crippen molar-refractivity contribution in [2.24, 2.45) is 5.10 Å². The van der Waals surface area contributed by atoms with Gasteiger partial charge in [0.1, 0.15) is 11.5 Å². The van der Waals surface area contributed by atoms with Crippen molar-refractivity contribution in [1.29, 1.82) is 0 Å². The van der Waals surface area contributed by atoms with Crippen molar-refractivity contribution in [1.82, 2.24) is 10.7 Å².